The van der Waals surface area contributed by atoms with Crippen LogP contribution in [0.25, 0.3) is 0 Å². The molecule has 2 aliphatic rings. The van der Waals surface area contributed by atoms with E-state index in [0.29, 0.717) is 24.6 Å². The second-order valence-electron chi connectivity index (χ2n) is 6.04. The van der Waals surface area contributed by atoms with Crippen molar-refractivity contribution in [2.24, 2.45) is 0 Å². The maximum Gasteiger partial charge on any atom is 0.246 e. The number of amides is 2. The van der Waals surface area contributed by atoms with Gasteiger partial charge in [0.05, 0.1) is 25.2 Å². The molecule has 130 valence electrons. The van der Waals surface area contributed by atoms with Crippen molar-refractivity contribution in [3.05, 3.63) is 41.7 Å². The van der Waals surface area contributed by atoms with Gasteiger partial charge in [-0.1, -0.05) is 6.07 Å². The maximum absolute atomic E-state index is 12.7. The number of hydrogen-bond donors (Lipinski definition) is 1. The second-order valence-corrected chi connectivity index (χ2v) is 6.04. The first-order valence-electron chi connectivity index (χ1n) is 8.06. The topological polar surface area (TPSA) is 85.7 Å². The van der Waals surface area contributed by atoms with Gasteiger partial charge in [0, 0.05) is 13.2 Å². The fourth-order valence-corrected chi connectivity index (χ4v) is 3.18. The maximum atomic E-state index is 12.7. The lowest BCUT2D eigenvalue weighted by molar-refractivity contribution is -0.134. The molecule has 1 N–H and O–H groups in total. The van der Waals surface area contributed by atoms with Crippen LogP contribution >= 0.6 is 0 Å². The van der Waals surface area contributed by atoms with Gasteiger partial charge < -0.3 is 19.7 Å². The summed E-state index contributed by atoms with van der Waals surface area (Å²) >= 11 is 0. The van der Waals surface area contributed by atoms with Gasteiger partial charge in [-0.15, -0.1) is 0 Å². The molecule has 8 heteroatoms. The first-order valence-corrected chi connectivity index (χ1v) is 8.06. The van der Waals surface area contributed by atoms with Crippen molar-refractivity contribution in [2.75, 3.05) is 20.4 Å². The van der Waals surface area contributed by atoms with Crippen LogP contribution in [0.1, 0.15) is 17.3 Å². The average molecular weight is 342 g/mol. The van der Waals surface area contributed by atoms with E-state index in [1.807, 2.05) is 24.3 Å². The van der Waals surface area contributed by atoms with E-state index in [9.17, 15) is 9.59 Å². The molecular weight excluding hydrogens is 324 g/mol. The number of aromatic nitrogens is 2. The van der Waals surface area contributed by atoms with Crippen molar-refractivity contribution in [2.45, 2.75) is 19.0 Å². The summed E-state index contributed by atoms with van der Waals surface area (Å²) in [6, 6.07) is 6.81. The Morgan fingerprint density at radius 1 is 1.28 bits per heavy atom. The standard InChI is InChI=1S/C17H18N4O4/c1-18-17(23)13-9-20(8-12-4-5-19-21(12)13)16(22)7-11-2-3-14-15(6-11)25-10-24-14/h2-6,13H,7-10H2,1H3,(H,18,23). The highest BCUT2D eigenvalue weighted by Crippen LogP contribution is 2.33. The quantitative estimate of drug-likeness (QED) is 0.877. The molecule has 3 heterocycles. The Morgan fingerprint density at radius 2 is 2.12 bits per heavy atom. The summed E-state index contributed by atoms with van der Waals surface area (Å²) in [7, 11) is 1.58. The third-order valence-corrected chi connectivity index (χ3v) is 4.49. The number of ether oxygens (including phenoxy) is 2. The lowest BCUT2D eigenvalue weighted by Gasteiger charge is -2.33. The highest BCUT2D eigenvalue weighted by molar-refractivity contribution is 5.83. The van der Waals surface area contributed by atoms with Crippen LogP contribution in [-0.2, 0) is 22.6 Å². The third-order valence-electron chi connectivity index (χ3n) is 4.49. The van der Waals surface area contributed by atoms with Gasteiger partial charge in [0.1, 0.15) is 6.04 Å². The van der Waals surface area contributed by atoms with Crippen LogP contribution in [0.2, 0.25) is 0 Å². The fourth-order valence-electron chi connectivity index (χ4n) is 3.18. The van der Waals surface area contributed by atoms with Crippen molar-refractivity contribution < 1.29 is 19.1 Å². The molecule has 2 aromatic rings. The number of nitrogens with zero attached hydrogens (tertiary/aromatic N) is 3. The second kappa shape index (κ2) is 6.12. The Labute approximate surface area is 144 Å². The van der Waals surface area contributed by atoms with Crippen LogP contribution in [0.4, 0.5) is 0 Å². The van der Waals surface area contributed by atoms with Gasteiger partial charge in [0.2, 0.25) is 18.6 Å². The molecule has 1 unspecified atom stereocenters. The number of carbonyl (C=O) groups is 2. The van der Waals surface area contributed by atoms with Gasteiger partial charge in [-0.05, 0) is 23.8 Å². The normalized spacial score (nSPS) is 18.0. The minimum atomic E-state index is -0.510. The van der Waals surface area contributed by atoms with E-state index in [1.54, 1.807) is 22.8 Å². The number of fused-ring (bicyclic) bond motifs is 2. The van der Waals surface area contributed by atoms with Crippen molar-refractivity contribution in [1.82, 2.24) is 20.0 Å². The largest absolute Gasteiger partial charge is 0.454 e. The molecule has 0 fully saturated rings. The van der Waals surface area contributed by atoms with Crippen LogP contribution in [0.3, 0.4) is 0 Å². The molecule has 4 rings (SSSR count). The molecule has 2 aliphatic heterocycles. The Hall–Kier alpha value is -3.03. The molecular formula is C17H18N4O4. The molecule has 25 heavy (non-hydrogen) atoms. The van der Waals surface area contributed by atoms with Gasteiger partial charge in [-0.3, -0.25) is 14.3 Å². The zero-order valence-electron chi connectivity index (χ0n) is 13.8. The lowest BCUT2D eigenvalue weighted by atomic mass is 10.1. The summed E-state index contributed by atoms with van der Waals surface area (Å²) in [5.41, 5.74) is 1.70. The summed E-state index contributed by atoms with van der Waals surface area (Å²) in [4.78, 5) is 26.6. The van der Waals surface area contributed by atoms with E-state index < -0.39 is 6.04 Å². The van der Waals surface area contributed by atoms with E-state index in [2.05, 4.69) is 10.4 Å². The molecule has 0 bridgehead atoms. The Bertz CT molecular complexity index is 832. The van der Waals surface area contributed by atoms with E-state index in [4.69, 9.17) is 9.47 Å². The number of nitrogens with one attached hydrogen (secondary N) is 1. The Morgan fingerprint density at radius 3 is 2.96 bits per heavy atom. The monoisotopic (exact) mass is 342 g/mol. The molecule has 0 saturated heterocycles. The van der Waals surface area contributed by atoms with Gasteiger partial charge in [0.15, 0.2) is 11.5 Å². The predicted octanol–water partition coefficient (Wildman–Crippen LogP) is 0.484. The van der Waals surface area contributed by atoms with Crippen LogP contribution in [0.15, 0.2) is 30.5 Å². The van der Waals surface area contributed by atoms with Crippen LogP contribution in [0, 0.1) is 0 Å². The van der Waals surface area contributed by atoms with Gasteiger partial charge >= 0.3 is 0 Å². The summed E-state index contributed by atoms with van der Waals surface area (Å²) in [6.45, 7) is 0.950. The van der Waals surface area contributed by atoms with Crippen LogP contribution in [0.5, 0.6) is 11.5 Å². The van der Waals surface area contributed by atoms with E-state index in [-0.39, 0.29) is 25.0 Å². The minimum Gasteiger partial charge on any atom is -0.454 e. The molecule has 0 saturated carbocycles. The van der Waals surface area contributed by atoms with Crippen molar-refractivity contribution in [3.63, 3.8) is 0 Å². The minimum absolute atomic E-state index is 0.0415. The van der Waals surface area contributed by atoms with E-state index in [1.165, 1.54) is 0 Å². The summed E-state index contributed by atoms with van der Waals surface area (Å²) < 4.78 is 12.3. The summed E-state index contributed by atoms with van der Waals surface area (Å²) in [6.07, 6.45) is 1.89. The number of rotatable bonds is 3. The highest BCUT2D eigenvalue weighted by atomic mass is 16.7. The first kappa shape index (κ1) is 15.5. The summed E-state index contributed by atoms with van der Waals surface area (Å²) in [5.74, 6) is 1.15. The Kier molecular flexibility index (Phi) is 3.79. The zero-order chi connectivity index (χ0) is 17.4. The highest BCUT2D eigenvalue weighted by Gasteiger charge is 2.32. The van der Waals surface area contributed by atoms with Crippen molar-refractivity contribution in [3.8, 4) is 11.5 Å². The van der Waals surface area contributed by atoms with Gasteiger partial charge in [-0.25, -0.2) is 0 Å². The molecule has 8 nitrogen and oxygen atoms in total. The van der Waals surface area contributed by atoms with Crippen LogP contribution < -0.4 is 14.8 Å². The fraction of sp³-hybridized carbons (Fsp3) is 0.353. The third kappa shape index (κ3) is 2.79. The molecule has 0 radical (unpaired) electrons. The predicted molar refractivity (Wildman–Crippen MR) is 87.0 cm³/mol. The number of benzene rings is 1. The molecule has 2 amide bonds. The zero-order valence-corrected chi connectivity index (χ0v) is 13.8. The molecule has 0 spiro atoms. The van der Waals surface area contributed by atoms with Gasteiger partial charge in [0.25, 0.3) is 0 Å². The molecule has 1 atom stereocenters. The molecule has 1 aromatic carbocycles. The SMILES string of the molecule is CNC(=O)C1CN(C(=O)Cc2ccc3c(c2)OCO3)Cc2ccnn21. The molecule has 1 aromatic heterocycles. The molecule has 0 aliphatic carbocycles. The number of carbonyl (C=O) groups excluding carboxylic acids is 2. The smallest absolute Gasteiger partial charge is 0.246 e. The Balaban J connectivity index is 1.52. The average Bonchev–Trinajstić information content (AvgIpc) is 3.28. The van der Waals surface area contributed by atoms with E-state index >= 15 is 0 Å². The van der Waals surface area contributed by atoms with Gasteiger partial charge in [-0.2, -0.15) is 5.10 Å². The lowest BCUT2D eigenvalue weighted by Crippen LogP contribution is -2.46. The summed E-state index contributed by atoms with van der Waals surface area (Å²) in [5, 5.41) is 6.85. The number of hydrogen-bond acceptors (Lipinski definition) is 5. The van der Waals surface area contributed by atoms with Crippen molar-refractivity contribution in [1.29, 1.82) is 0 Å². The van der Waals surface area contributed by atoms with E-state index in [0.717, 1.165) is 11.3 Å². The number of likely N-dealkylation sites (N-methyl/N-ethyl adjacent to an activating group) is 1. The van der Waals surface area contributed by atoms with Crippen LogP contribution in [-0.4, -0.2) is 46.9 Å². The first-order chi connectivity index (χ1) is 12.2. The van der Waals surface area contributed by atoms with Crippen molar-refractivity contribution >= 4 is 11.8 Å².